The molecule has 19 heavy (non-hydrogen) atoms. The van der Waals surface area contributed by atoms with E-state index in [1.165, 1.54) is 51.4 Å². The molecule has 0 nitrogen and oxygen atoms in total. The molecule has 0 unspecified atom stereocenters. The van der Waals surface area contributed by atoms with Crippen LogP contribution in [0.3, 0.4) is 0 Å². The van der Waals surface area contributed by atoms with Crippen LogP contribution >= 0.6 is 0 Å². The Bertz CT molecular complexity index is 443. The van der Waals surface area contributed by atoms with Crippen molar-refractivity contribution in [3.63, 3.8) is 0 Å². The highest BCUT2D eigenvalue weighted by Crippen LogP contribution is 2.63. The second-order valence-corrected chi connectivity index (χ2v) is 8.18. The number of fused-ring (bicyclic) bond motifs is 5. The van der Waals surface area contributed by atoms with Gasteiger partial charge in [0.15, 0.2) is 0 Å². The van der Waals surface area contributed by atoms with Crippen LogP contribution in [-0.4, -0.2) is 0 Å². The average molecular weight is 256 g/mol. The van der Waals surface area contributed by atoms with E-state index in [1.807, 2.05) is 0 Å². The minimum Gasteiger partial charge on any atom is -0.0745 e. The van der Waals surface area contributed by atoms with Gasteiger partial charge >= 0.3 is 0 Å². The van der Waals surface area contributed by atoms with Gasteiger partial charge in [0.25, 0.3) is 0 Å². The maximum Gasteiger partial charge on any atom is 0.00717 e. The SMILES string of the molecule is C[C@]12CCCC[C@@H]1CC[C@H]1C3=CC=C[C@@]3(C)CC[C@@H]12. The van der Waals surface area contributed by atoms with Crippen LogP contribution in [0, 0.1) is 28.6 Å². The fourth-order valence-corrected chi connectivity index (χ4v) is 6.22. The molecule has 0 aliphatic heterocycles. The summed E-state index contributed by atoms with van der Waals surface area (Å²) in [6.45, 7) is 5.13. The van der Waals surface area contributed by atoms with Gasteiger partial charge in [0.05, 0.1) is 0 Å². The van der Waals surface area contributed by atoms with E-state index in [0.717, 1.165) is 17.8 Å². The smallest absolute Gasteiger partial charge is 0.00717 e. The van der Waals surface area contributed by atoms with Crippen molar-refractivity contribution in [3.8, 4) is 0 Å². The maximum atomic E-state index is 2.65. The van der Waals surface area contributed by atoms with Gasteiger partial charge in [-0.15, -0.1) is 0 Å². The van der Waals surface area contributed by atoms with E-state index in [9.17, 15) is 0 Å². The van der Waals surface area contributed by atoms with Crippen molar-refractivity contribution in [1.82, 2.24) is 0 Å². The van der Waals surface area contributed by atoms with Crippen LogP contribution in [0.15, 0.2) is 23.8 Å². The average Bonchev–Trinajstić information content (AvgIpc) is 2.79. The Morgan fingerprint density at radius 3 is 2.79 bits per heavy atom. The third-order valence-corrected chi connectivity index (χ3v) is 7.38. The molecule has 0 bridgehead atoms. The second-order valence-electron chi connectivity index (χ2n) is 8.18. The monoisotopic (exact) mass is 256 g/mol. The normalized spacial score (nSPS) is 52.1. The van der Waals surface area contributed by atoms with Crippen molar-refractivity contribution in [1.29, 1.82) is 0 Å². The molecule has 0 aromatic heterocycles. The van der Waals surface area contributed by atoms with Crippen LogP contribution in [0.5, 0.6) is 0 Å². The summed E-state index contributed by atoms with van der Waals surface area (Å²) in [5, 5.41) is 0. The maximum absolute atomic E-state index is 2.65. The first-order chi connectivity index (χ1) is 9.13. The minimum atomic E-state index is 0.430. The fraction of sp³-hybridized carbons (Fsp3) is 0.789. The molecule has 0 heteroatoms. The molecule has 4 aliphatic carbocycles. The molecule has 4 aliphatic rings. The molecular weight excluding hydrogens is 228 g/mol. The Balaban J connectivity index is 1.69. The van der Waals surface area contributed by atoms with E-state index in [-0.39, 0.29) is 0 Å². The highest BCUT2D eigenvalue weighted by atomic mass is 14.6. The van der Waals surface area contributed by atoms with E-state index < -0.39 is 0 Å². The highest BCUT2D eigenvalue weighted by molar-refractivity contribution is 5.37. The largest absolute Gasteiger partial charge is 0.0745 e. The molecule has 0 radical (unpaired) electrons. The van der Waals surface area contributed by atoms with Gasteiger partial charge in [0.1, 0.15) is 0 Å². The molecule has 4 rings (SSSR count). The van der Waals surface area contributed by atoms with E-state index in [1.54, 1.807) is 5.57 Å². The lowest BCUT2D eigenvalue weighted by atomic mass is 9.47. The van der Waals surface area contributed by atoms with Crippen LogP contribution in [0.4, 0.5) is 0 Å². The molecule has 0 amide bonds. The second kappa shape index (κ2) is 3.99. The summed E-state index contributed by atoms with van der Waals surface area (Å²) in [5.74, 6) is 2.95. The summed E-state index contributed by atoms with van der Waals surface area (Å²) in [7, 11) is 0. The lowest BCUT2D eigenvalue weighted by molar-refractivity contribution is -0.0470. The Morgan fingerprint density at radius 2 is 1.89 bits per heavy atom. The van der Waals surface area contributed by atoms with Gasteiger partial charge in [-0.05, 0) is 61.7 Å². The predicted octanol–water partition coefficient (Wildman–Crippen LogP) is 5.51. The molecule has 0 aromatic rings. The summed E-state index contributed by atoms with van der Waals surface area (Å²) >= 11 is 0. The Labute approximate surface area is 118 Å². The number of allylic oxidation sites excluding steroid dienone is 4. The van der Waals surface area contributed by atoms with Crippen molar-refractivity contribution >= 4 is 0 Å². The van der Waals surface area contributed by atoms with Crippen LogP contribution in [0.1, 0.15) is 65.2 Å². The minimum absolute atomic E-state index is 0.430. The molecule has 5 atom stereocenters. The van der Waals surface area contributed by atoms with Gasteiger partial charge in [-0.2, -0.15) is 0 Å². The van der Waals surface area contributed by atoms with E-state index >= 15 is 0 Å². The zero-order valence-electron chi connectivity index (χ0n) is 12.6. The lowest BCUT2D eigenvalue weighted by Crippen LogP contribution is -2.49. The number of rotatable bonds is 0. The number of hydrogen-bond donors (Lipinski definition) is 0. The molecule has 0 saturated heterocycles. The standard InChI is InChI=1S/C19H28/c1-18-11-5-7-16(18)15-9-8-14-6-3-4-12-19(14,2)17(15)10-13-18/h5,7,11,14-15,17H,3-4,6,8-10,12-13H2,1-2H3/t14-,15+,17+,18+,19+/m1/s1. The Morgan fingerprint density at radius 1 is 1.00 bits per heavy atom. The topological polar surface area (TPSA) is 0 Å². The van der Waals surface area contributed by atoms with E-state index in [2.05, 4.69) is 32.1 Å². The first-order valence-electron chi connectivity index (χ1n) is 8.53. The summed E-state index contributed by atoms with van der Waals surface area (Å²) in [6.07, 6.45) is 19.2. The zero-order valence-corrected chi connectivity index (χ0v) is 12.6. The summed E-state index contributed by atoms with van der Waals surface area (Å²) < 4.78 is 0. The molecule has 0 heterocycles. The Hall–Kier alpha value is -0.520. The summed E-state index contributed by atoms with van der Waals surface area (Å²) in [6, 6.07) is 0. The first kappa shape index (κ1) is 12.2. The van der Waals surface area contributed by atoms with E-state index in [0.29, 0.717) is 10.8 Å². The van der Waals surface area contributed by atoms with Crippen LogP contribution in [0.2, 0.25) is 0 Å². The van der Waals surface area contributed by atoms with Crippen LogP contribution in [-0.2, 0) is 0 Å². The Kier molecular flexibility index (Phi) is 2.57. The third-order valence-electron chi connectivity index (χ3n) is 7.38. The first-order valence-corrected chi connectivity index (χ1v) is 8.53. The summed E-state index contributed by atoms with van der Waals surface area (Å²) in [5.41, 5.74) is 2.90. The molecule has 0 aromatic carbocycles. The number of hydrogen-bond acceptors (Lipinski definition) is 0. The van der Waals surface area contributed by atoms with Gasteiger partial charge < -0.3 is 0 Å². The van der Waals surface area contributed by atoms with Gasteiger partial charge in [-0.1, -0.05) is 50.5 Å². The van der Waals surface area contributed by atoms with Crippen molar-refractivity contribution < 1.29 is 0 Å². The molecular formula is C19H28. The van der Waals surface area contributed by atoms with Crippen molar-refractivity contribution in [2.24, 2.45) is 28.6 Å². The molecule has 0 spiro atoms. The zero-order chi connectivity index (χ0) is 13.1. The van der Waals surface area contributed by atoms with Crippen molar-refractivity contribution in [2.45, 2.75) is 65.2 Å². The van der Waals surface area contributed by atoms with Crippen LogP contribution < -0.4 is 0 Å². The van der Waals surface area contributed by atoms with Gasteiger partial charge in [-0.25, -0.2) is 0 Å². The quantitative estimate of drug-likeness (QED) is 0.536. The van der Waals surface area contributed by atoms with Crippen molar-refractivity contribution in [2.75, 3.05) is 0 Å². The predicted molar refractivity (Wildman–Crippen MR) is 80.8 cm³/mol. The van der Waals surface area contributed by atoms with Gasteiger partial charge in [0.2, 0.25) is 0 Å². The van der Waals surface area contributed by atoms with Gasteiger partial charge in [-0.3, -0.25) is 0 Å². The molecule has 104 valence electrons. The summed E-state index contributed by atoms with van der Waals surface area (Å²) in [4.78, 5) is 0. The highest BCUT2D eigenvalue weighted by Gasteiger charge is 2.53. The van der Waals surface area contributed by atoms with Crippen LogP contribution in [0.25, 0.3) is 0 Å². The lowest BCUT2D eigenvalue weighted by Gasteiger charge is -2.58. The molecule has 3 saturated carbocycles. The molecule has 3 fully saturated rings. The molecule has 0 N–H and O–H groups in total. The van der Waals surface area contributed by atoms with Gasteiger partial charge in [0, 0.05) is 5.41 Å². The van der Waals surface area contributed by atoms with Crippen molar-refractivity contribution in [3.05, 3.63) is 23.8 Å². The fourth-order valence-electron chi connectivity index (χ4n) is 6.22. The third kappa shape index (κ3) is 1.58. The van der Waals surface area contributed by atoms with E-state index in [4.69, 9.17) is 0 Å².